The van der Waals surface area contributed by atoms with E-state index in [0.29, 0.717) is 12.0 Å². The Labute approximate surface area is 199 Å². The number of ether oxygens (including phenoxy) is 2. The second-order valence-corrected chi connectivity index (χ2v) is 8.09. The molecule has 0 bridgehead atoms. The third-order valence-electron chi connectivity index (χ3n) is 6.01. The fourth-order valence-electron chi connectivity index (χ4n) is 4.14. The van der Waals surface area contributed by atoms with E-state index in [1.165, 1.54) is 11.1 Å². The lowest BCUT2D eigenvalue weighted by molar-refractivity contribution is 0.0888. The quantitative estimate of drug-likeness (QED) is 0.211. The Balaban J connectivity index is 0.00000320. The Hall–Kier alpha value is -0.900. The predicted molar refractivity (Wildman–Crippen MR) is 134 cm³/mol. The van der Waals surface area contributed by atoms with Crippen molar-refractivity contribution in [2.45, 2.75) is 45.2 Å². The molecule has 0 aliphatic carbocycles. The van der Waals surface area contributed by atoms with Gasteiger partial charge in [-0.25, -0.2) is 0 Å². The zero-order valence-corrected chi connectivity index (χ0v) is 20.9. The Bertz CT molecular complexity index is 637. The van der Waals surface area contributed by atoms with Crippen LogP contribution in [0.2, 0.25) is 0 Å². The van der Waals surface area contributed by atoms with Gasteiger partial charge in [-0.2, -0.15) is 0 Å². The number of rotatable bonds is 10. The molecule has 0 spiro atoms. The molecule has 1 aromatic rings. The molecular formula is C23H39IN4O2. The summed E-state index contributed by atoms with van der Waals surface area (Å²) < 4.78 is 11.1. The molecule has 1 saturated heterocycles. The fourth-order valence-corrected chi connectivity index (χ4v) is 4.14. The van der Waals surface area contributed by atoms with Gasteiger partial charge in [-0.15, -0.1) is 24.0 Å². The van der Waals surface area contributed by atoms with E-state index in [2.05, 4.69) is 51.7 Å². The monoisotopic (exact) mass is 530 g/mol. The Morgan fingerprint density at radius 3 is 2.87 bits per heavy atom. The maximum atomic E-state index is 5.77. The van der Waals surface area contributed by atoms with Gasteiger partial charge in [0, 0.05) is 58.4 Å². The van der Waals surface area contributed by atoms with E-state index in [9.17, 15) is 0 Å². The molecule has 1 fully saturated rings. The van der Waals surface area contributed by atoms with Crippen LogP contribution in [0.5, 0.6) is 0 Å². The fraction of sp³-hybridized carbons (Fsp3) is 0.696. The number of aliphatic imine (C=N–C) groups is 1. The normalized spacial score (nSPS) is 20.3. The average molecular weight is 530 g/mol. The number of benzene rings is 1. The molecule has 7 heteroatoms. The summed E-state index contributed by atoms with van der Waals surface area (Å²) in [6.07, 6.45) is 4.39. The molecule has 2 heterocycles. The van der Waals surface area contributed by atoms with Crippen LogP contribution in [0.25, 0.3) is 0 Å². The number of nitrogens with one attached hydrogen (secondary N) is 2. The molecule has 3 rings (SSSR count). The molecule has 30 heavy (non-hydrogen) atoms. The van der Waals surface area contributed by atoms with Gasteiger partial charge in [0.15, 0.2) is 5.96 Å². The van der Waals surface area contributed by atoms with Gasteiger partial charge < -0.3 is 20.1 Å². The van der Waals surface area contributed by atoms with Crippen molar-refractivity contribution in [3.8, 4) is 0 Å². The van der Waals surface area contributed by atoms with Gasteiger partial charge in [0.2, 0.25) is 0 Å². The van der Waals surface area contributed by atoms with Crippen molar-refractivity contribution in [2.24, 2.45) is 10.9 Å². The minimum Gasteiger partial charge on any atom is -0.381 e. The van der Waals surface area contributed by atoms with Crippen molar-refractivity contribution >= 4 is 29.9 Å². The Morgan fingerprint density at radius 1 is 1.30 bits per heavy atom. The van der Waals surface area contributed by atoms with Crippen molar-refractivity contribution in [3.05, 3.63) is 35.4 Å². The third-order valence-corrected chi connectivity index (χ3v) is 6.01. The van der Waals surface area contributed by atoms with E-state index in [0.717, 1.165) is 84.2 Å². The first-order valence-corrected chi connectivity index (χ1v) is 11.2. The van der Waals surface area contributed by atoms with Gasteiger partial charge in [0.25, 0.3) is 0 Å². The SMILES string of the molecule is CCC(CNC(=NC)NCCCOCC1CCOC1)N1CCc2ccccc2C1.I. The molecule has 0 aromatic heterocycles. The van der Waals surface area contributed by atoms with Crippen LogP contribution >= 0.6 is 24.0 Å². The summed E-state index contributed by atoms with van der Waals surface area (Å²) in [6.45, 7) is 9.59. The van der Waals surface area contributed by atoms with E-state index >= 15 is 0 Å². The maximum Gasteiger partial charge on any atom is 0.191 e. The average Bonchev–Trinajstić information content (AvgIpc) is 3.28. The van der Waals surface area contributed by atoms with Gasteiger partial charge in [0.05, 0.1) is 13.2 Å². The standard InChI is InChI=1S/C23H38N4O2.HI/c1-3-22(27-12-9-20-7-4-5-8-21(20)16-27)15-26-23(24-2)25-11-6-13-28-17-19-10-14-29-18-19;/h4-5,7-8,19,22H,3,6,9-18H2,1-2H3,(H2,24,25,26);1H. The van der Waals surface area contributed by atoms with Gasteiger partial charge in [-0.1, -0.05) is 31.2 Å². The first kappa shape index (κ1) is 25.4. The van der Waals surface area contributed by atoms with Crippen molar-refractivity contribution in [3.63, 3.8) is 0 Å². The summed E-state index contributed by atoms with van der Waals surface area (Å²) in [6, 6.07) is 9.35. The number of hydrogen-bond acceptors (Lipinski definition) is 4. The van der Waals surface area contributed by atoms with Crippen molar-refractivity contribution in [2.75, 3.05) is 53.1 Å². The van der Waals surface area contributed by atoms with E-state index in [4.69, 9.17) is 9.47 Å². The van der Waals surface area contributed by atoms with Crippen LogP contribution in [0.15, 0.2) is 29.3 Å². The van der Waals surface area contributed by atoms with Gasteiger partial charge in [0.1, 0.15) is 0 Å². The number of halogens is 1. The molecule has 2 aliphatic rings. The van der Waals surface area contributed by atoms with Gasteiger partial charge >= 0.3 is 0 Å². The third kappa shape index (κ3) is 7.98. The van der Waals surface area contributed by atoms with Gasteiger partial charge in [-0.3, -0.25) is 9.89 Å². The molecule has 170 valence electrons. The Morgan fingerprint density at radius 2 is 2.13 bits per heavy atom. The van der Waals surface area contributed by atoms with Crippen molar-refractivity contribution in [1.29, 1.82) is 0 Å². The summed E-state index contributed by atoms with van der Waals surface area (Å²) in [4.78, 5) is 6.98. The molecule has 2 unspecified atom stereocenters. The largest absolute Gasteiger partial charge is 0.381 e. The van der Waals surface area contributed by atoms with Crippen molar-refractivity contribution < 1.29 is 9.47 Å². The number of guanidine groups is 1. The van der Waals surface area contributed by atoms with E-state index in [1.54, 1.807) is 0 Å². The lowest BCUT2D eigenvalue weighted by Crippen LogP contribution is -2.48. The highest BCUT2D eigenvalue weighted by molar-refractivity contribution is 14.0. The summed E-state index contributed by atoms with van der Waals surface area (Å²) in [5, 5.41) is 6.93. The van der Waals surface area contributed by atoms with Crippen LogP contribution in [0, 0.1) is 5.92 Å². The Kier molecular flexibility index (Phi) is 12.0. The second-order valence-electron chi connectivity index (χ2n) is 8.09. The topological polar surface area (TPSA) is 58.1 Å². The van der Waals surface area contributed by atoms with E-state index in [-0.39, 0.29) is 24.0 Å². The molecule has 2 N–H and O–H groups in total. The van der Waals surface area contributed by atoms with Crippen LogP contribution in [0.3, 0.4) is 0 Å². The molecule has 0 saturated carbocycles. The predicted octanol–water partition coefficient (Wildman–Crippen LogP) is 3.05. The van der Waals surface area contributed by atoms with Crippen LogP contribution in [-0.4, -0.2) is 70.0 Å². The molecular weight excluding hydrogens is 491 g/mol. The van der Waals surface area contributed by atoms with E-state index < -0.39 is 0 Å². The van der Waals surface area contributed by atoms with Crippen LogP contribution < -0.4 is 10.6 Å². The summed E-state index contributed by atoms with van der Waals surface area (Å²) >= 11 is 0. The molecule has 2 atom stereocenters. The number of hydrogen-bond donors (Lipinski definition) is 2. The summed E-state index contributed by atoms with van der Waals surface area (Å²) in [5.74, 6) is 1.47. The zero-order valence-electron chi connectivity index (χ0n) is 18.6. The highest BCUT2D eigenvalue weighted by Crippen LogP contribution is 2.21. The highest BCUT2D eigenvalue weighted by Gasteiger charge is 2.22. The lowest BCUT2D eigenvalue weighted by Gasteiger charge is -2.35. The smallest absolute Gasteiger partial charge is 0.191 e. The minimum atomic E-state index is 0. The molecule has 1 aromatic carbocycles. The van der Waals surface area contributed by atoms with Gasteiger partial charge in [-0.05, 0) is 36.8 Å². The number of nitrogens with zero attached hydrogens (tertiary/aromatic N) is 2. The minimum absolute atomic E-state index is 0. The molecule has 0 radical (unpaired) electrons. The zero-order chi connectivity index (χ0) is 20.3. The highest BCUT2D eigenvalue weighted by atomic mass is 127. The molecule has 2 aliphatic heterocycles. The van der Waals surface area contributed by atoms with Crippen LogP contribution in [-0.2, 0) is 22.4 Å². The number of fused-ring (bicyclic) bond motifs is 1. The lowest BCUT2D eigenvalue weighted by atomic mass is 9.98. The van der Waals surface area contributed by atoms with E-state index in [1.807, 2.05) is 7.05 Å². The molecule has 6 nitrogen and oxygen atoms in total. The second kappa shape index (κ2) is 14.2. The first-order valence-electron chi connectivity index (χ1n) is 11.2. The van der Waals surface area contributed by atoms with Crippen LogP contribution in [0.4, 0.5) is 0 Å². The first-order chi connectivity index (χ1) is 14.3. The maximum absolute atomic E-state index is 5.77. The van der Waals surface area contributed by atoms with Crippen LogP contribution in [0.1, 0.15) is 37.3 Å². The summed E-state index contributed by atoms with van der Waals surface area (Å²) in [7, 11) is 1.84. The molecule has 0 amide bonds. The summed E-state index contributed by atoms with van der Waals surface area (Å²) in [5.41, 5.74) is 2.98. The van der Waals surface area contributed by atoms with Crippen molar-refractivity contribution in [1.82, 2.24) is 15.5 Å².